The van der Waals surface area contributed by atoms with Crippen molar-refractivity contribution < 1.29 is 27.1 Å². The molecule has 4 rings (SSSR count). The van der Waals surface area contributed by atoms with Gasteiger partial charge in [0.1, 0.15) is 24.2 Å². The van der Waals surface area contributed by atoms with Crippen molar-refractivity contribution in [3.05, 3.63) is 125 Å². The number of halogens is 2. The van der Waals surface area contributed by atoms with Gasteiger partial charge in [-0.15, -0.1) is 0 Å². The summed E-state index contributed by atoms with van der Waals surface area (Å²) in [7, 11) is -1.41. The van der Waals surface area contributed by atoms with Crippen LogP contribution in [-0.2, 0) is 32.6 Å². The molecule has 4 aromatic carbocycles. The van der Waals surface area contributed by atoms with Crippen LogP contribution in [0.4, 0.5) is 10.1 Å². The van der Waals surface area contributed by atoms with Crippen LogP contribution in [0.3, 0.4) is 0 Å². The van der Waals surface area contributed by atoms with Crippen molar-refractivity contribution in [1.29, 1.82) is 0 Å². The number of likely N-dealkylation sites (N-methyl/N-ethyl adjacent to an activating group) is 1. The fourth-order valence-corrected chi connectivity index (χ4v) is 6.16. The highest BCUT2D eigenvalue weighted by Crippen LogP contribution is 2.28. The highest BCUT2D eigenvalue weighted by atomic mass is 35.5. The number of nitrogens with zero attached hydrogens (tertiary/aromatic N) is 2. The number of anilines is 1. The molecule has 2 amide bonds. The summed E-state index contributed by atoms with van der Waals surface area (Å²) < 4.78 is 48.9. The number of sulfonamides is 1. The number of carbonyl (C=O) groups is 2. The average Bonchev–Trinajstić information content (AvgIpc) is 3.02. The Labute approximate surface area is 255 Å². The third-order valence-electron chi connectivity index (χ3n) is 6.84. The summed E-state index contributed by atoms with van der Waals surface area (Å²) in [4.78, 5) is 28.6. The van der Waals surface area contributed by atoms with Crippen molar-refractivity contribution >= 4 is 39.1 Å². The Morgan fingerprint density at radius 2 is 1.60 bits per heavy atom. The predicted molar refractivity (Wildman–Crippen MR) is 164 cm³/mol. The van der Waals surface area contributed by atoms with Gasteiger partial charge < -0.3 is 15.0 Å². The third-order valence-corrected chi connectivity index (χ3v) is 8.86. The highest BCUT2D eigenvalue weighted by Gasteiger charge is 2.34. The third kappa shape index (κ3) is 7.71. The van der Waals surface area contributed by atoms with Gasteiger partial charge in [0.25, 0.3) is 10.0 Å². The van der Waals surface area contributed by atoms with Crippen LogP contribution in [0.1, 0.15) is 11.1 Å². The molecule has 1 unspecified atom stereocenters. The lowest BCUT2D eigenvalue weighted by Crippen LogP contribution is -2.53. The van der Waals surface area contributed by atoms with Crippen LogP contribution in [0, 0.1) is 5.82 Å². The number of amides is 2. The molecule has 0 heterocycles. The molecule has 0 aliphatic heterocycles. The number of hydrogen-bond donors (Lipinski definition) is 1. The number of rotatable bonds is 12. The predicted octanol–water partition coefficient (Wildman–Crippen LogP) is 5.07. The van der Waals surface area contributed by atoms with E-state index in [4.69, 9.17) is 16.3 Å². The van der Waals surface area contributed by atoms with Gasteiger partial charge in [0.15, 0.2) is 0 Å². The monoisotopic (exact) mass is 623 g/mol. The first-order valence-corrected chi connectivity index (χ1v) is 15.2. The fraction of sp³-hybridized carbons (Fsp3) is 0.188. The summed E-state index contributed by atoms with van der Waals surface area (Å²) in [6, 6.07) is 25.7. The number of carbonyl (C=O) groups excluding carboxylic acids is 2. The number of ether oxygens (including phenoxy) is 1. The molecule has 0 aliphatic carbocycles. The van der Waals surface area contributed by atoms with Crippen LogP contribution >= 0.6 is 11.6 Å². The molecule has 0 saturated heterocycles. The number of nitrogens with one attached hydrogen (secondary N) is 1. The zero-order valence-electron chi connectivity index (χ0n) is 23.6. The van der Waals surface area contributed by atoms with Gasteiger partial charge in [-0.05, 0) is 54.1 Å². The minimum absolute atomic E-state index is 0.0890. The molecular weight excluding hydrogens is 593 g/mol. The van der Waals surface area contributed by atoms with Crippen LogP contribution in [0.2, 0.25) is 5.02 Å². The number of benzene rings is 4. The van der Waals surface area contributed by atoms with E-state index in [-0.39, 0.29) is 34.1 Å². The van der Waals surface area contributed by atoms with E-state index < -0.39 is 40.2 Å². The summed E-state index contributed by atoms with van der Waals surface area (Å²) in [5, 5.41) is 2.85. The van der Waals surface area contributed by atoms with E-state index in [9.17, 15) is 22.4 Å². The summed E-state index contributed by atoms with van der Waals surface area (Å²) in [6.45, 7) is -0.964. The fourth-order valence-electron chi connectivity index (χ4n) is 4.57. The molecule has 1 atom stereocenters. The van der Waals surface area contributed by atoms with Crippen molar-refractivity contribution in [2.75, 3.05) is 25.0 Å². The van der Waals surface area contributed by atoms with Crippen LogP contribution < -0.4 is 14.4 Å². The van der Waals surface area contributed by atoms with Crippen LogP contribution in [0.25, 0.3) is 0 Å². The Hall–Kier alpha value is -4.41. The Kier molecular flexibility index (Phi) is 10.4. The maximum atomic E-state index is 14.9. The minimum Gasteiger partial charge on any atom is -0.497 e. The summed E-state index contributed by atoms with van der Waals surface area (Å²) in [5.74, 6) is -1.31. The zero-order valence-corrected chi connectivity index (χ0v) is 25.2. The second-order valence-corrected chi connectivity index (χ2v) is 11.9. The van der Waals surface area contributed by atoms with Crippen molar-refractivity contribution in [2.24, 2.45) is 0 Å². The van der Waals surface area contributed by atoms with E-state index in [2.05, 4.69) is 5.32 Å². The lowest BCUT2D eigenvalue weighted by atomic mass is 10.0. The molecule has 43 heavy (non-hydrogen) atoms. The Morgan fingerprint density at radius 3 is 2.23 bits per heavy atom. The first kappa shape index (κ1) is 31.5. The molecule has 0 bridgehead atoms. The molecule has 0 aromatic heterocycles. The van der Waals surface area contributed by atoms with Gasteiger partial charge in [0.05, 0.1) is 17.7 Å². The molecule has 1 N–H and O–H groups in total. The average molecular weight is 624 g/mol. The minimum atomic E-state index is -4.32. The maximum absolute atomic E-state index is 14.9. The second-order valence-electron chi connectivity index (χ2n) is 9.60. The molecule has 11 heteroatoms. The molecule has 8 nitrogen and oxygen atoms in total. The summed E-state index contributed by atoms with van der Waals surface area (Å²) in [5.41, 5.74) is 1.08. The van der Waals surface area contributed by atoms with Gasteiger partial charge in [-0.25, -0.2) is 12.8 Å². The van der Waals surface area contributed by atoms with Gasteiger partial charge in [-0.2, -0.15) is 0 Å². The smallest absolute Gasteiger partial charge is 0.264 e. The first-order chi connectivity index (χ1) is 20.6. The number of methoxy groups -OCH3 is 1. The second kappa shape index (κ2) is 14.2. The van der Waals surface area contributed by atoms with Gasteiger partial charge in [0, 0.05) is 30.6 Å². The largest absolute Gasteiger partial charge is 0.497 e. The topological polar surface area (TPSA) is 96.0 Å². The lowest BCUT2D eigenvalue weighted by Gasteiger charge is -2.33. The van der Waals surface area contributed by atoms with E-state index in [0.29, 0.717) is 5.75 Å². The van der Waals surface area contributed by atoms with E-state index >= 15 is 0 Å². The lowest BCUT2D eigenvalue weighted by molar-refractivity contribution is -0.139. The maximum Gasteiger partial charge on any atom is 0.264 e. The number of hydrogen-bond acceptors (Lipinski definition) is 5. The van der Waals surface area contributed by atoms with Crippen molar-refractivity contribution in [1.82, 2.24) is 10.2 Å². The zero-order chi connectivity index (χ0) is 31.0. The first-order valence-electron chi connectivity index (χ1n) is 13.3. The van der Waals surface area contributed by atoms with E-state index in [1.807, 2.05) is 30.3 Å². The van der Waals surface area contributed by atoms with Crippen LogP contribution in [0.5, 0.6) is 5.75 Å². The Balaban J connectivity index is 1.79. The molecule has 0 radical (unpaired) electrons. The van der Waals surface area contributed by atoms with E-state index in [1.165, 1.54) is 73.7 Å². The summed E-state index contributed by atoms with van der Waals surface area (Å²) in [6.07, 6.45) is 0.114. The molecule has 224 valence electrons. The van der Waals surface area contributed by atoms with Crippen molar-refractivity contribution in [2.45, 2.75) is 23.9 Å². The molecule has 0 aliphatic rings. The van der Waals surface area contributed by atoms with E-state index in [0.717, 1.165) is 9.87 Å². The molecule has 4 aromatic rings. The molecule has 0 spiro atoms. The van der Waals surface area contributed by atoms with Gasteiger partial charge >= 0.3 is 0 Å². The van der Waals surface area contributed by atoms with Crippen LogP contribution in [-0.4, -0.2) is 51.9 Å². The van der Waals surface area contributed by atoms with Gasteiger partial charge in [-0.3, -0.25) is 13.9 Å². The van der Waals surface area contributed by atoms with Crippen molar-refractivity contribution in [3.63, 3.8) is 0 Å². The standard InChI is InChI=1S/C32H31ClFN3O5S/c1-35-32(39)30(19-23-9-4-3-5-10-23)36(21-24-11-6-7-14-29(24)34)31(38)22-37(26-13-8-12-25(33)20-26)43(40,41)28-17-15-27(42-2)16-18-28/h3-18,20,30H,19,21-22H2,1-2H3,(H,35,39). The normalized spacial score (nSPS) is 11.8. The van der Waals surface area contributed by atoms with E-state index in [1.54, 1.807) is 18.2 Å². The van der Waals surface area contributed by atoms with Crippen LogP contribution in [0.15, 0.2) is 108 Å². The SMILES string of the molecule is CNC(=O)C(Cc1ccccc1)N(Cc1ccccc1F)C(=O)CN(c1cccc(Cl)c1)S(=O)(=O)c1ccc(OC)cc1. The van der Waals surface area contributed by atoms with Gasteiger partial charge in [0.2, 0.25) is 11.8 Å². The molecule has 0 fully saturated rings. The van der Waals surface area contributed by atoms with Gasteiger partial charge in [-0.1, -0.05) is 66.2 Å². The Bertz CT molecular complexity index is 1670. The highest BCUT2D eigenvalue weighted by molar-refractivity contribution is 7.92. The molecule has 0 saturated carbocycles. The quantitative estimate of drug-likeness (QED) is 0.238. The van der Waals surface area contributed by atoms with Crippen molar-refractivity contribution in [3.8, 4) is 5.75 Å². The Morgan fingerprint density at radius 1 is 0.930 bits per heavy atom. The molecular formula is C32H31ClFN3O5S. The summed E-state index contributed by atoms with van der Waals surface area (Å²) >= 11 is 6.22.